The number of aryl methyl sites for hydroxylation is 1. The van der Waals surface area contributed by atoms with E-state index in [0.29, 0.717) is 0 Å². The molecule has 0 spiro atoms. The maximum Gasteiger partial charge on any atom is 0.123 e. The van der Waals surface area contributed by atoms with Crippen molar-refractivity contribution in [1.82, 2.24) is 9.78 Å². The molecule has 0 unspecified atom stereocenters. The molecule has 3 nitrogen and oxygen atoms in total. The number of nitrogens with zero attached hydrogens (tertiary/aromatic N) is 2. The van der Waals surface area contributed by atoms with Crippen LogP contribution in [0.3, 0.4) is 0 Å². The Kier molecular flexibility index (Phi) is 3.54. The molecule has 0 amide bonds. The number of hydrogen-bond donors (Lipinski definition) is 1. The van der Waals surface area contributed by atoms with Crippen molar-refractivity contribution in [2.24, 2.45) is 0 Å². The van der Waals surface area contributed by atoms with Crippen LogP contribution in [-0.4, -0.2) is 14.9 Å². The van der Waals surface area contributed by atoms with Gasteiger partial charge in [-0.25, -0.2) is 9.07 Å². The van der Waals surface area contributed by atoms with Gasteiger partial charge in [0.2, 0.25) is 0 Å². The van der Waals surface area contributed by atoms with Gasteiger partial charge < -0.3 is 5.11 Å². The molecule has 1 aromatic heterocycles. The Labute approximate surface area is 122 Å². The lowest BCUT2D eigenvalue weighted by atomic mass is 10.1. The summed E-state index contributed by atoms with van der Waals surface area (Å²) in [4.78, 5) is 0. The minimum atomic E-state index is -0.285. The predicted molar refractivity (Wildman–Crippen MR) is 79.6 cm³/mol. The van der Waals surface area contributed by atoms with E-state index >= 15 is 0 Å². The van der Waals surface area contributed by atoms with Gasteiger partial charge >= 0.3 is 0 Å². The van der Waals surface area contributed by atoms with Crippen molar-refractivity contribution in [3.05, 3.63) is 71.7 Å². The number of benzene rings is 2. The van der Waals surface area contributed by atoms with E-state index in [-0.39, 0.29) is 12.4 Å². The van der Waals surface area contributed by atoms with Gasteiger partial charge in [-0.05, 0) is 31.2 Å². The molecular weight excluding hydrogens is 267 g/mol. The molecule has 2 aromatic carbocycles. The molecule has 0 saturated heterocycles. The molecule has 0 saturated carbocycles. The molecule has 3 aromatic rings. The lowest BCUT2D eigenvalue weighted by Gasteiger charge is -2.01. The molecular formula is C17H15FN2O. The molecule has 1 heterocycles. The van der Waals surface area contributed by atoms with Crippen molar-refractivity contribution < 1.29 is 9.50 Å². The largest absolute Gasteiger partial charge is 0.392 e. The quantitative estimate of drug-likeness (QED) is 0.798. The minimum Gasteiger partial charge on any atom is -0.392 e. The predicted octanol–water partition coefficient (Wildman–Crippen LogP) is 3.48. The summed E-state index contributed by atoms with van der Waals surface area (Å²) in [6, 6.07) is 14.1. The third-order valence-electron chi connectivity index (χ3n) is 3.38. The van der Waals surface area contributed by atoms with E-state index in [1.54, 1.807) is 23.0 Å². The van der Waals surface area contributed by atoms with Crippen LogP contribution in [0.2, 0.25) is 0 Å². The summed E-state index contributed by atoms with van der Waals surface area (Å²) in [6.07, 6.45) is 1.77. The second-order valence-electron chi connectivity index (χ2n) is 4.95. The first-order chi connectivity index (χ1) is 10.2. The first-order valence-corrected chi connectivity index (χ1v) is 6.70. The van der Waals surface area contributed by atoms with Crippen LogP contribution < -0.4 is 0 Å². The Bertz CT molecular complexity index is 745. The van der Waals surface area contributed by atoms with Crippen LogP contribution in [0.15, 0.2) is 54.7 Å². The SMILES string of the molecule is Cc1ccc(-c2nn(-c3ccc(F)cc3)cc2CO)cc1. The molecule has 0 aliphatic rings. The van der Waals surface area contributed by atoms with Crippen LogP contribution in [0, 0.1) is 12.7 Å². The maximum absolute atomic E-state index is 13.0. The highest BCUT2D eigenvalue weighted by Gasteiger charge is 2.11. The van der Waals surface area contributed by atoms with Gasteiger partial charge in [0.1, 0.15) is 5.82 Å². The summed E-state index contributed by atoms with van der Waals surface area (Å²) in [5.41, 5.74) is 4.35. The van der Waals surface area contributed by atoms with Gasteiger partial charge in [-0.1, -0.05) is 29.8 Å². The Morgan fingerprint density at radius 3 is 2.33 bits per heavy atom. The topological polar surface area (TPSA) is 38.0 Å². The third-order valence-corrected chi connectivity index (χ3v) is 3.38. The summed E-state index contributed by atoms with van der Waals surface area (Å²) >= 11 is 0. The second kappa shape index (κ2) is 5.50. The van der Waals surface area contributed by atoms with E-state index in [9.17, 15) is 9.50 Å². The normalized spacial score (nSPS) is 10.8. The van der Waals surface area contributed by atoms with Gasteiger partial charge in [-0.3, -0.25) is 0 Å². The number of aromatic nitrogens is 2. The number of aliphatic hydroxyl groups excluding tert-OH is 1. The van der Waals surface area contributed by atoms with Crippen LogP contribution in [-0.2, 0) is 6.61 Å². The van der Waals surface area contributed by atoms with Crippen LogP contribution in [0.4, 0.5) is 4.39 Å². The molecule has 0 aliphatic carbocycles. The zero-order chi connectivity index (χ0) is 14.8. The fraction of sp³-hybridized carbons (Fsp3) is 0.118. The van der Waals surface area contributed by atoms with Crippen LogP contribution >= 0.6 is 0 Å². The summed E-state index contributed by atoms with van der Waals surface area (Å²) < 4.78 is 14.6. The van der Waals surface area contributed by atoms with Crippen LogP contribution in [0.5, 0.6) is 0 Å². The molecule has 3 rings (SSSR count). The van der Waals surface area contributed by atoms with Crippen molar-refractivity contribution in [2.75, 3.05) is 0 Å². The van der Waals surface area contributed by atoms with Crippen molar-refractivity contribution in [3.8, 4) is 16.9 Å². The van der Waals surface area contributed by atoms with E-state index in [2.05, 4.69) is 5.10 Å². The molecule has 4 heteroatoms. The van der Waals surface area contributed by atoms with Gasteiger partial charge in [0.15, 0.2) is 0 Å². The molecule has 0 fully saturated rings. The van der Waals surface area contributed by atoms with Crippen molar-refractivity contribution in [3.63, 3.8) is 0 Å². The number of halogens is 1. The fourth-order valence-electron chi connectivity index (χ4n) is 2.21. The molecule has 106 valence electrons. The Morgan fingerprint density at radius 1 is 1.05 bits per heavy atom. The average Bonchev–Trinajstić information content (AvgIpc) is 2.93. The van der Waals surface area contributed by atoms with Gasteiger partial charge in [-0.15, -0.1) is 0 Å². The molecule has 0 radical (unpaired) electrons. The Morgan fingerprint density at radius 2 is 1.71 bits per heavy atom. The van der Waals surface area contributed by atoms with Gasteiger partial charge in [0.05, 0.1) is 18.0 Å². The molecule has 0 bridgehead atoms. The van der Waals surface area contributed by atoms with E-state index in [1.807, 2.05) is 31.2 Å². The van der Waals surface area contributed by atoms with E-state index in [0.717, 1.165) is 22.5 Å². The highest BCUT2D eigenvalue weighted by molar-refractivity contribution is 5.63. The first-order valence-electron chi connectivity index (χ1n) is 6.70. The lowest BCUT2D eigenvalue weighted by Crippen LogP contribution is -1.94. The smallest absolute Gasteiger partial charge is 0.123 e. The Hall–Kier alpha value is -2.46. The third kappa shape index (κ3) is 2.71. The van der Waals surface area contributed by atoms with Gasteiger partial charge in [0, 0.05) is 17.3 Å². The molecule has 0 aliphatic heterocycles. The number of hydrogen-bond acceptors (Lipinski definition) is 2. The highest BCUT2D eigenvalue weighted by Crippen LogP contribution is 2.24. The standard InChI is InChI=1S/C17H15FN2O/c1-12-2-4-13(5-3-12)17-14(11-21)10-20(19-17)16-8-6-15(18)7-9-16/h2-10,21H,11H2,1H3. The van der Waals surface area contributed by atoms with Crippen LogP contribution in [0.1, 0.15) is 11.1 Å². The van der Waals surface area contributed by atoms with Gasteiger partial charge in [0.25, 0.3) is 0 Å². The van der Waals surface area contributed by atoms with Crippen molar-refractivity contribution in [2.45, 2.75) is 13.5 Å². The van der Waals surface area contributed by atoms with Crippen molar-refractivity contribution in [1.29, 1.82) is 0 Å². The van der Waals surface area contributed by atoms with Crippen LogP contribution in [0.25, 0.3) is 16.9 Å². The minimum absolute atomic E-state index is 0.0929. The summed E-state index contributed by atoms with van der Waals surface area (Å²) in [5, 5.41) is 14.0. The fourth-order valence-corrected chi connectivity index (χ4v) is 2.21. The summed E-state index contributed by atoms with van der Waals surface area (Å²) in [6.45, 7) is 1.93. The van der Waals surface area contributed by atoms with E-state index < -0.39 is 0 Å². The maximum atomic E-state index is 13.0. The number of rotatable bonds is 3. The zero-order valence-corrected chi connectivity index (χ0v) is 11.6. The average molecular weight is 282 g/mol. The molecule has 1 N–H and O–H groups in total. The second-order valence-corrected chi connectivity index (χ2v) is 4.95. The highest BCUT2D eigenvalue weighted by atomic mass is 19.1. The summed E-state index contributed by atoms with van der Waals surface area (Å²) in [5.74, 6) is -0.285. The van der Waals surface area contributed by atoms with E-state index in [4.69, 9.17) is 0 Å². The Balaban J connectivity index is 2.05. The number of aliphatic hydroxyl groups is 1. The van der Waals surface area contributed by atoms with Gasteiger partial charge in [-0.2, -0.15) is 5.10 Å². The van der Waals surface area contributed by atoms with E-state index in [1.165, 1.54) is 17.7 Å². The zero-order valence-electron chi connectivity index (χ0n) is 11.6. The van der Waals surface area contributed by atoms with Crippen molar-refractivity contribution >= 4 is 0 Å². The lowest BCUT2D eigenvalue weighted by molar-refractivity contribution is 0.282. The first kappa shape index (κ1) is 13.5. The molecule has 21 heavy (non-hydrogen) atoms. The molecule has 0 atom stereocenters. The summed E-state index contributed by atoms with van der Waals surface area (Å²) in [7, 11) is 0. The monoisotopic (exact) mass is 282 g/mol.